The number of rotatable bonds is 4. The third-order valence-electron chi connectivity index (χ3n) is 6.91. The molecular weight excluding hydrogens is 390 g/mol. The molecule has 1 saturated carbocycles. The SMILES string of the molecule is Cc1ccc2cc([C@H](c3nnnn3C3CCCCC3)N3CCN(C)CC3)c(=O)[nH]c2c1. The van der Waals surface area contributed by atoms with Crippen molar-refractivity contribution in [3.05, 3.63) is 51.6 Å². The molecule has 5 rings (SSSR count). The number of H-pyrrole nitrogens is 1. The highest BCUT2D eigenvalue weighted by Crippen LogP contribution is 2.33. The molecule has 1 atom stereocenters. The summed E-state index contributed by atoms with van der Waals surface area (Å²) in [7, 11) is 2.14. The highest BCUT2D eigenvalue weighted by molar-refractivity contribution is 5.79. The summed E-state index contributed by atoms with van der Waals surface area (Å²) in [6, 6.07) is 8.29. The lowest BCUT2D eigenvalue weighted by atomic mass is 9.95. The van der Waals surface area contributed by atoms with Crippen molar-refractivity contribution in [3.63, 3.8) is 0 Å². The van der Waals surface area contributed by atoms with Gasteiger partial charge in [-0.05, 0) is 60.3 Å². The normalized spacial score (nSPS) is 20.3. The van der Waals surface area contributed by atoms with Crippen LogP contribution in [0.5, 0.6) is 0 Å². The minimum Gasteiger partial charge on any atom is -0.322 e. The number of benzene rings is 1. The number of likely N-dealkylation sites (N-methyl/N-ethyl adjacent to an activating group) is 1. The quantitative estimate of drug-likeness (QED) is 0.697. The second kappa shape index (κ2) is 8.51. The molecule has 0 amide bonds. The molecule has 0 spiro atoms. The van der Waals surface area contributed by atoms with Crippen LogP contribution in [0.15, 0.2) is 29.1 Å². The highest BCUT2D eigenvalue weighted by atomic mass is 16.1. The number of tetrazole rings is 1. The average Bonchev–Trinajstić information content (AvgIpc) is 3.26. The molecule has 164 valence electrons. The van der Waals surface area contributed by atoms with Gasteiger partial charge < -0.3 is 9.88 Å². The van der Waals surface area contributed by atoms with Gasteiger partial charge in [0.1, 0.15) is 6.04 Å². The lowest BCUT2D eigenvalue weighted by molar-refractivity contribution is 0.119. The molecule has 2 aromatic heterocycles. The van der Waals surface area contributed by atoms with Gasteiger partial charge in [-0.3, -0.25) is 9.69 Å². The third-order valence-corrected chi connectivity index (χ3v) is 6.91. The predicted octanol–water partition coefficient (Wildman–Crippen LogP) is 2.67. The molecule has 3 aromatic rings. The second-order valence-electron chi connectivity index (χ2n) is 9.16. The van der Waals surface area contributed by atoms with Crippen LogP contribution in [-0.4, -0.2) is 68.2 Å². The summed E-state index contributed by atoms with van der Waals surface area (Å²) in [5.74, 6) is 0.799. The number of aryl methyl sites for hydroxylation is 1. The fourth-order valence-corrected chi connectivity index (χ4v) is 5.08. The number of nitrogens with one attached hydrogen (secondary N) is 1. The minimum atomic E-state index is -0.250. The summed E-state index contributed by atoms with van der Waals surface area (Å²) in [5.41, 5.74) is 2.68. The maximum Gasteiger partial charge on any atom is 0.253 e. The number of pyridine rings is 1. The number of hydrogen-bond donors (Lipinski definition) is 1. The van der Waals surface area contributed by atoms with Crippen LogP contribution in [-0.2, 0) is 0 Å². The molecule has 1 N–H and O–H groups in total. The van der Waals surface area contributed by atoms with Gasteiger partial charge in [0.15, 0.2) is 5.82 Å². The summed E-state index contributed by atoms with van der Waals surface area (Å²) in [4.78, 5) is 21.1. The molecule has 1 aromatic carbocycles. The van der Waals surface area contributed by atoms with E-state index in [1.807, 2.05) is 23.7 Å². The molecule has 2 fully saturated rings. The van der Waals surface area contributed by atoms with Crippen LogP contribution in [0, 0.1) is 6.92 Å². The van der Waals surface area contributed by atoms with Gasteiger partial charge in [-0.2, -0.15) is 0 Å². The first-order chi connectivity index (χ1) is 15.1. The highest BCUT2D eigenvalue weighted by Gasteiger charge is 2.34. The lowest BCUT2D eigenvalue weighted by Crippen LogP contribution is -2.47. The number of fused-ring (bicyclic) bond motifs is 1. The van der Waals surface area contributed by atoms with E-state index >= 15 is 0 Å². The van der Waals surface area contributed by atoms with Gasteiger partial charge in [0, 0.05) is 37.3 Å². The van der Waals surface area contributed by atoms with E-state index in [9.17, 15) is 4.79 Å². The second-order valence-corrected chi connectivity index (χ2v) is 9.16. The first-order valence-corrected chi connectivity index (χ1v) is 11.4. The first kappa shape index (κ1) is 20.3. The van der Waals surface area contributed by atoms with E-state index in [1.54, 1.807) is 0 Å². The van der Waals surface area contributed by atoms with E-state index in [-0.39, 0.29) is 11.6 Å². The number of aromatic amines is 1. The predicted molar refractivity (Wildman–Crippen MR) is 120 cm³/mol. The van der Waals surface area contributed by atoms with Crippen LogP contribution >= 0.6 is 0 Å². The van der Waals surface area contributed by atoms with Gasteiger partial charge in [-0.15, -0.1) is 5.10 Å². The summed E-state index contributed by atoms with van der Waals surface area (Å²) in [6.07, 6.45) is 5.89. The van der Waals surface area contributed by atoms with Crippen molar-refractivity contribution >= 4 is 10.9 Å². The molecular formula is C23H31N7O. The Balaban J connectivity index is 1.62. The Morgan fingerprint density at radius 1 is 1.06 bits per heavy atom. The van der Waals surface area contributed by atoms with Crippen LogP contribution in [0.2, 0.25) is 0 Å². The number of piperazine rings is 1. The summed E-state index contributed by atoms with van der Waals surface area (Å²) in [6.45, 7) is 5.73. The van der Waals surface area contributed by atoms with Crippen LogP contribution in [0.1, 0.15) is 61.1 Å². The molecule has 2 aliphatic rings. The van der Waals surface area contributed by atoms with E-state index in [0.29, 0.717) is 6.04 Å². The van der Waals surface area contributed by atoms with E-state index in [2.05, 4.69) is 49.5 Å². The van der Waals surface area contributed by atoms with Crippen molar-refractivity contribution in [1.29, 1.82) is 0 Å². The van der Waals surface area contributed by atoms with Crippen LogP contribution in [0.4, 0.5) is 0 Å². The van der Waals surface area contributed by atoms with E-state index < -0.39 is 0 Å². The molecule has 0 bridgehead atoms. The zero-order chi connectivity index (χ0) is 21.4. The molecule has 1 aliphatic carbocycles. The van der Waals surface area contributed by atoms with Gasteiger partial charge >= 0.3 is 0 Å². The lowest BCUT2D eigenvalue weighted by Gasteiger charge is -2.37. The Labute approximate surface area is 182 Å². The van der Waals surface area contributed by atoms with Crippen molar-refractivity contribution in [1.82, 2.24) is 35.0 Å². The van der Waals surface area contributed by atoms with Crippen molar-refractivity contribution in [2.45, 2.75) is 51.1 Å². The van der Waals surface area contributed by atoms with E-state index in [1.165, 1.54) is 19.3 Å². The van der Waals surface area contributed by atoms with Crippen molar-refractivity contribution < 1.29 is 0 Å². The summed E-state index contributed by atoms with van der Waals surface area (Å²) < 4.78 is 2.01. The molecule has 1 aliphatic heterocycles. The topological polar surface area (TPSA) is 82.9 Å². The van der Waals surface area contributed by atoms with Gasteiger partial charge in [0.05, 0.1) is 6.04 Å². The fraction of sp³-hybridized carbons (Fsp3) is 0.565. The zero-order valence-electron chi connectivity index (χ0n) is 18.4. The maximum absolute atomic E-state index is 13.3. The van der Waals surface area contributed by atoms with Gasteiger partial charge in [0.25, 0.3) is 5.56 Å². The molecule has 8 nitrogen and oxygen atoms in total. The summed E-state index contributed by atoms with van der Waals surface area (Å²) >= 11 is 0. The molecule has 3 heterocycles. The van der Waals surface area contributed by atoms with Crippen LogP contribution in [0.3, 0.4) is 0 Å². The zero-order valence-corrected chi connectivity index (χ0v) is 18.4. The first-order valence-electron chi connectivity index (χ1n) is 11.4. The Morgan fingerprint density at radius 3 is 2.61 bits per heavy atom. The number of nitrogens with zero attached hydrogens (tertiary/aromatic N) is 6. The molecule has 0 unspecified atom stereocenters. The Hall–Kier alpha value is -2.58. The van der Waals surface area contributed by atoms with Crippen molar-refractivity contribution in [3.8, 4) is 0 Å². The smallest absolute Gasteiger partial charge is 0.253 e. The Bertz CT molecular complexity index is 1110. The van der Waals surface area contributed by atoms with E-state index in [4.69, 9.17) is 0 Å². The van der Waals surface area contributed by atoms with Crippen LogP contribution < -0.4 is 5.56 Å². The number of aromatic nitrogens is 5. The average molecular weight is 422 g/mol. The molecule has 31 heavy (non-hydrogen) atoms. The van der Waals surface area contributed by atoms with Crippen molar-refractivity contribution in [2.75, 3.05) is 33.2 Å². The summed E-state index contributed by atoms with van der Waals surface area (Å²) in [5, 5.41) is 14.0. The van der Waals surface area contributed by atoms with Crippen LogP contribution in [0.25, 0.3) is 10.9 Å². The molecule has 8 heteroatoms. The Kier molecular flexibility index (Phi) is 5.58. The van der Waals surface area contributed by atoms with Gasteiger partial charge in [-0.1, -0.05) is 31.4 Å². The monoisotopic (exact) mass is 421 g/mol. The third kappa shape index (κ3) is 4.02. The maximum atomic E-state index is 13.3. The van der Waals surface area contributed by atoms with Crippen molar-refractivity contribution in [2.24, 2.45) is 0 Å². The standard InChI is InChI=1S/C23H31N7O/c1-16-8-9-17-15-19(23(31)24-20(17)14-16)21(29-12-10-28(2)11-13-29)22-25-26-27-30(22)18-6-4-3-5-7-18/h8-9,14-15,18,21H,3-7,10-13H2,1-2H3,(H,24,31)/t21-/m1/s1. The minimum absolute atomic E-state index is 0.0553. The largest absolute Gasteiger partial charge is 0.322 e. The number of hydrogen-bond acceptors (Lipinski definition) is 6. The fourth-order valence-electron chi connectivity index (χ4n) is 5.08. The molecule has 0 radical (unpaired) electrons. The van der Waals surface area contributed by atoms with Gasteiger partial charge in [0.2, 0.25) is 0 Å². The molecule has 1 saturated heterocycles. The van der Waals surface area contributed by atoms with E-state index in [0.717, 1.165) is 66.9 Å². The van der Waals surface area contributed by atoms with Gasteiger partial charge in [-0.25, -0.2) is 4.68 Å². The Morgan fingerprint density at radius 2 is 1.84 bits per heavy atom.